The van der Waals surface area contributed by atoms with Crippen molar-refractivity contribution in [3.8, 4) is 11.3 Å². The molecular formula is C19H27N5O2. The third kappa shape index (κ3) is 3.67. The summed E-state index contributed by atoms with van der Waals surface area (Å²) in [5.41, 5.74) is 3.01. The van der Waals surface area contributed by atoms with Crippen LogP contribution in [0.25, 0.3) is 11.3 Å². The normalized spacial score (nSPS) is 19.8. The molecule has 2 fully saturated rings. The first kappa shape index (κ1) is 17.3. The van der Waals surface area contributed by atoms with E-state index in [-0.39, 0.29) is 0 Å². The molecule has 0 radical (unpaired) electrons. The fourth-order valence-electron chi connectivity index (χ4n) is 4.11. The lowest BCUT2D eigenvalue weighted by atomic mass is 9.91. The van der Waals surface area contributed by atoms with Crippen LogP contribution < -0.4 is 0 Å². The molecule has 2 aromatic rings. The number of rotatable bonds is 4. The summed E-state index contributed by atoms with van der Waals surface area (Å²) >= 11 is 0. The molecule has 26 heavy (non-hydrogen) atoms. The number of carbonyl (C=O) groups is 1. The average molecular weight is 357 g/mol. The van der Waals surface area contributed by atoms with Gasteiger partial charge in [-0.15, -0.1) is 0 Å². The molecule has 2 aromatic heterocycles. The number of hydrogen-bond acceptors (Lipinski definition) is 5. The summed E-state index contributed by atoms with van der Waals surface area (Å²) in [5.74, 6) is 1.48. The van der Waals surface area contributed by atoms with Crippen LogP contribution in [-0.4, -0.2) is 63.8 Å². The van der Waals surface area contributed by atoms with Gasteiger partial charge in [-0.25, -0.2) is 0 Å². The fourth-order valence-corrected chi connectivity index (χ4v) is 4.11. The minimum atomic E-state index is 0.294. The monoisotopic (exact) mass is 357 g/mol. The van der Waals surface area contributed by atoms with Gasteiger partial charge in [0.2, 0.25) is 5.91 Å². The Kier molecular flexibility index (Phi) is 5.06. The number of likely N-dealkylation sites (tertiary alicyclic amines) is 2. The predicted molar refractivity (Wildman–Crippen MR) is 97.7 cm³/mol. The molecule has 0 spiro atoms. The van der Waals surface area contributed by atoms with Crippen LogP contribution in [0.2, 0.25) is 0 Å². The number of carbonyl (C=O) groups excluding carboxylic acids is 1. The second-order valence-corrected chi connectivity index (χ2v) is 7.52. The number of hydrogen-bond donors (Lipinski definition) is 1. The molecule has 2 aliphatic heterocycles. The van der Waals surface area contributed by atoms with Crippen molar-refractivity contribution in [1.29, 1.82) is 0 Å². The molecule has 140 valence electrons. The second kappa shape index (κ2) is 7.61. The summed E-state index contributed by atoms with van der Waals surface area (Å²) < 4.78 is 5.41. The summed E-state index contributed by atoms with van der Waals surface area (Å²) in [4.78, 5) is 16.8. The molecule has 7 nitrogen and oxygen atoms in total. The quantitative estimate of drug-likeness (QED) is 0.910. The first-order valence-corrected chi connectivity index (χ1v) is 9.68. The number of aromatic amines is 1. The zero-order chi connectivity index (χ0) is 17.9. The molecule has 0 saturated carbocycles. The number of aromatic nitrogens is 3. The van der Waals surface area contributed by atoms with Gasteiger partial charge in [-0.1, -0.05) is 5.16 Å². The van der Waals surface area contributed by atoms with Gasteiger partial charge in [0, 0.05) is 30.8 Å². The molecule has 0 unspecified atom stereocenters. The van der Waals surface area contributed by atoms with E-state index in [0.717, 1.165) is 74.6 Å². The number of nitrogens with one attached hydrogen (secondary N) is 1. The Morgan fingerprint density at radius 2 is 2.00 bits per heavy atom. The van der Waals surface area contributed by atoms with E-state index in [9.17, 15) is 4.79 Å². The van der Waals surface area contributed by atoms with Crippen molar-refractivity contribution >= 4 is 5.91 Å². The topological polar surface area (TPSA) is 78.3 Å². The van der Waals surface area contributed by atoms with Crippen LogP contribution in [-0.2, 0) is 4.79 Å². The van der Waals surface area contributed by atoms with E-state index >= 15 is 0 Å². The van der Waals surface area contributed by atoms with E-state index in [1.165, 1.54) is 6.42 Å². The lowest BCUT2D eigenvalue weighted by molar-refractivity contribution is -0.133. The average Bonchev–Trinajstić information content (AvgIpc) is 3.32. The van der Waals surface area contributed by atoms with Crippen LogP contribution in [0.5, 0.6) is 0 Å². The van der Waals surface area contributed by atoms with Crippen molar-refractivity contribution in [3.63, 3.8) is 0 Å². The summed E-state index contributed by atoms with van der Waals surface area (Å²) in [6.07, 6.45) is 7.42. The molecule has 1 amide bonds. The summed E-state index contributed by atoms with van der Waals surface area (Å²) in [6, 6.07) is 1.95. The number of amides is 1. The van der Waals surface area contributed by atoms with Crippen LogP contribution in [0.1, 0.15) is 49.4 Å². The van der Waals surface area contributed by atoms with Crippen LogP contribution in [0.15, 0.2) is 16.8 Å². The third-order valence-corrected chi connectivity index (χ3v) is 5.63. The van der Waals surface area contributed by atoms with E-state index in [0.29, 0.717) is 18.4 Å². The van der Waals surface area contributed by atoms with Crippen molar-refractivity contribution in [2.75, 3.05) is 32.7 Å². The van der Waals surface area contributed by atoms with Gasteiger partial charge >= 0.3 is 0 Å². The number of aryl methyl sites for hydroxylation is 1. The maximum absolute atomic E-state index is 12.5. The maximum atomic E-state index is 12.5. The molecule has 4 heterocycles. The Hall–Kier alpha value is -2.15. The van der Waals surface area contributed by atoms with Gasteiger partial charge in [-0.05, 0) is 52.1 Å². The minimum absolute atomic E-state index is 0.294. The van der Waals surface area contributed by atoms with Gasteiger partial charge in [0.05, 0.1) is 24.0 Å². The van der Waals surface area contributed by atoms with E-state index in [4.69, 9.17) is 4.52 Å². The van der Waals surface area contributed by atoms with E-state index < -0.39 is 0 Å². The smallest absolute Gasteiger partial charge is 0.236 e. The van der Waals surface area contributed by atoms with Gasteiger partial charge in [0.25, 0.3) is 0 Å². The Morgan fingerprint density at radius 1 is 1.23 bits per heavy atom. The van der Waals surface area contributed by atoms with E-state index in [2.05, 4.69) is 20.3 Å². The highest BCUT2D eigenvalue weighted by Crippen LogP contribution is 2.34. The zero-order valence-corrected chi connectivity index (χ0v) is 15.4. The van der Waals surface area contributed by atoms with Gasteiger partial charge in [-0.2, -0.15) is 5.10 Å². The molecule has 0 aromatic carbocycles. The number of piperidine rings is 2. The van der Waals surface area contributed by atoms with Crippen LogP contribution in [0.4, 0.5) is 0 Å². The van der Waals surface area contributed by atoms with Crippen LogP contribution in [0, 0.1) is 6.92 Å². The molecule has 2 aliphatic rings. The molecule has 1 N–H and O–H groups in total. The highest BCUT2D eigenvalue weighted by molar-refractivity contribution is 5.78. The highest BCUT2D eigenvalue weighted by atomic mass is 16.5. The summed E-state index contributed by atoms with van der Waals surface area (Å²) in [7, 11) is 0. The Morgan fingerprint density at radius 3 is 2.69 bits per heavy atom. The Bertz CT molecular complexity index is 739. The van der Waals surface area contributed by atoms with Gasteiger partial charge < -0.3 is 9.42 Å². The Labute approximate surface area is 153 Å². The second-order valence-electron chi connectivity index (χ2n) is 7.52. The number of nitrogens with zero attached hydrogens (tertiary/aromatic N) is 4. The lowest BCUT2D eigenvalue weighted by Gasteiger charge is -2.34. The Balaban J connectivity index is 1.34. The molecule has 4 rings (SSSR count). The van der Waals surface area contributed by atoms with E-state index in [1.54, 1.807) is 0 Å². The van der Waals surface area contributed by atoms with Crippen LogP contribution >= 0.6 is 0 Å². The predicted octanol–water partition coefficient (Wildman–Crippen LogP) is 2.57. The first-order valence-electron chi connectivity index (χ1n) is 9.68. The molecule has 2 saturated heterocycles. The molecule has 0 bridgehead atoms. The highest BCUT2D eigenvalue weighted by Gasteiger charge is 2.27. The molecule has 0 atom stereocenters. The van der Waals surface area contributed by atoms with Crippen molar-refractivity contribution < 1.29 is 9.32 Å². The largest absolute Gasteiger partial charge is 0.356 e. The zero-order valence-electron chi connectivity index (χ0n) is 15.4. The van der Waals surface area contributed by atoms with Crippen LogP contribution in [0.3, 0.4) is 0 Å². The fraction of sp³-hybridized carbons (Fsp3) is 0.632. The SMILES string of the molecule is Cc1cc(-c2cn[nH]c2C2CCN(CC(=O)N3CCCCC3)CC2)on1. The van der Waals surface area contributed by atoms with Crippen molar-refractivity contribution in [2.45, 2.75) is 44.9 Å². The van der Waals surface area contributed by atoms with Crippen molar-refractivity contribution in [2.24, 2.45) is 0 Å². The first-order chi connectivity index (χ1) is 12.7. The van der Waals surface area contributed by atoms with Crippen molar-refractivity contribution in [1.82, 2.24) is 25.2 Å². The molecule has 0 aliphatic carbocycles. The third-order valence-electron chi connectivity index (χ3n) is 5.63. The molecular weight excluding hydrogens is 330 g/mol. The van der Waals surface area contributed by atoms with Gasteiger partial charge in [0.1, 0.15) is 0 Å². The molecule has 7 heteroatoms. The van der Waals surface area contributed by atoms with Crippen molar-refractivity contribution in [3.05, 3.63) is 23.7 Å². The van der Waals surface area contributed by atoms with Gasteiger partial charge in [0.15, 0.2) is 5.76 Å². The summed E-state index contributed by atoms with van der Waals surface area (Å²) in [5, 5.41) is 11.4. The van der Waals surface area contributed by atoms with Gasteiger partial charge in [-0.3, -0.25) is 14.8 Å². The lowest BCUT2D eigenvalue weighted by Crippen LogP contribution is -2.44. The van der Waals surface area contributed by atoms with E-state index in [1.807, 2.05) is 24.1 Å². The summed E-state index contributed by atoms with van der Waals surface area (Å²) in [6.45, 7) is 6.23. The number of H-pyrrole nitrogens is 1. The maximum Gasteiger partial charge on any atom is 0.236 e. The standard InChI is InChI=1S/C19H27N5O2/c1-14-11-17(26-22-14)16-12-20-21-19(16)15-5-9-23(10-6-15)13-18(25)24-7-3-2-4-8-24/h11-12,15H,2-10,13H2,1H3,(H,20,21). The minimum Gasteiger partial charge on any atom is -0.356 e.